The van der Waals surface area contributed by atoms with E-state index in [-0.39, 0.29) is 0 Å². The zero-order valence-corrected chi connectivity index (χ0v) is 8.72. The first kappa shape index (κ1) is 8.36. The largest absolute Gasteiger partial charge is 0.122 e. The van der Waals surface area contributed by atoms with Crippen molar-refractivity contribution >= 4 is 44.6 Å². The standard InChI is InChI=1S/C9H6Cl2S/c1-5-2-3-6-7(4-5)12-9(11)8(6)10/h2-4H,1H3. The summed E-state index contributed by atoms with van der Waals surface area (Å²) in [4.78, 5) is 0. The van der Waals surface area contributed by atoms with Crippen LogP contribution in [0.5, 0.6) is 0 Å². The van der Waals surface area contributed by atoms with Gasteiger partial charge in [-0.3, -0.25) is 0 Å². The predicted molar refractivity (Wildman–Crippen MR) is 56.6 cm³/mol. The van der Waals surface area contributed by atoms with Crippen LogP contribution in [0.1, 0.15) is 5.56 Å². The van der Waals surface area contributed by atoms with Crippen molar-refractivity contribution in [1.82, 2.24) is 0 Å². The molecule has 0 fully saturated rings. The van der Waals surface area contributed by atoms with Gasteiger partial charge >= 0.3 is 0 Å². The molecule has 0 atom stereocenters. The van der Waals surface area contributed by atoms with E-state index in [1.807, 2.05) is 12.1 Å². The van der Waals surface area contributed by atoms with Crippen molar-refractivity contribution in [1.29, 1.82) is 0 Å². The molecule has 3 heteroatoms. The first-order valence-corrected chi connectivity index (χ1v) is 5.10. The summed E-state index contributed by atoms with van der Waals surface area (Å²) < 4.78 is 1.84. The Bertz CT molecular complexity index is 431. The van der Waals surface area contributed by atoms with Crippen LogP contribution >= 0.6 is 34.5 Å². The number of hydrogen-bond donors (Lipinski definition) is 0. The average Bonchev–Trinajstić information content (AvgIpc) is 2.28. The number of fused-ring (bicyclic) bond motifs is 1. The summed E-state index contributed by atoms with van der Waals surface area (Å²) in [5, 5.41) is 1.73. The molecule has 0 amide bonds. The van der Waals surface area contributed by atoms with E-state index in [4.69, 9.17) is 23.2 Å². The molecule has 0 saturated heterocycles. The minimum absolute atomic E-state index is 0.677. The third-order valence-electron chi connectivity index (χ3n) is 1.75. The van der Waals surface area contributed by atoms with Gasteiger partial charge in [0.1, 0.15) is 4.34 Å². The van der Waals surface area contributed by atoms with Crippen LogP contribution < -0.4 is 0 Å². The van der Waals surface area contributed by atoms with Crippen LogP contribution in [0, 0.1) is 6.92 Å². The number of hydrogen-bond acceptors (Lipinski definition) is 1. The van der Waals surface area contributed by atoms with Crippen molar-refractivity contribution < 1.29 is 0 Å². The van der Waals surface area contributed by atoms with Crippen molar-refractivity contribution in [2.24, 2.45) is 0 Å². The van der Waals surface area contributed by atoms with Crippen LogP contribution in [0.4, 0.5) is 0 Å². The summed E-state index contributed by atoms with van der Waals surface area (Å²) in [6.07, 6.45) is 0. The van der Waals surface area contributed by atoms with Gasteiger partial charge in [-0.1, -0.05) is 35.3 Å². The van der Waals surface area contributed by atoms with Gasteiger partial charge in [0.25, 0.3) is 0 Å². The molecule has 0 aliphatic carbocycles. The molecule has 12 heavy (non-hydrogen) atoms. The van der Waals surface area contributed by atoms with Crippen molar-refractivity contribution in [2.45, 2.75) is 6.92 Å². The Morgan fingerprint density at radius 1 is 1.25 bits per heavy atom. The molecule has 2 rings (SSSR count). The molecule has 0 bridgehead atoms. The highest BCUT2D eigenvalue weighted by Crippen LogP contribution is 2.38. The lowest BCUT2D eigenvalue weighted by Crippen LogP contribution is -1.68. The summed E-state index contributed by atoms with van der Waals surface area (Å²) in [5.41, 5.74) is 1.23. The number of thiophene rings is 1. The Morgan fingerprint density at radius 3 is 2.75 bits per heavy atom. The number of halogens is 2. The van der Waals surface area contributed by atoms with Crippen LogP contribution in [0.2, 0.25) is 9.36 Å². The van der Waals surface area contributed by atoms with Crippen molar-refractivity contribution in [3.05, 3.63) is 33.1 Å². The van der Waals surface area contributed by atoms with E-state index in [0.29, 0.717) is 9.36 Å². The normalized spacial score (nSPS) is 10.9. The lowest BCUT2D eigenvalue weighted by atomic mass is 10.2. The molecule has 1 aromatic heterocycles. The van der Waals surface area contributed by atoms with Crippen LogP contribution in [-0.4, -0.2) is 0 Å². The van der Waals surface area contributed by atoms with E-state index in [9.17, 15) is 0 Å². The molecule has 0 radical (unpaired) electrons. The highest BCUT2D eigenvalue weighted by molar-refractivity contribution is 7.23. The van der Waals surface area contributed by atoms with Gasteiger partial charge in [-0.15, -0.1) is 11.3 Å². The topological polar surface area (TPSA) is 0 Å². The quantitative estimate of drug-likeness (QED) is 0.608. The Kier molecular flexibility index (Phi) is 2.03. The summed E-state index contributed by atoms with van der Waals surface area (Å²) in [5.74, 6) is 0. The molecule has 62 valence electrons. The molecule has 2 aromatic rings. The maximum absolute atomic E-state index is 5.97. The van der Waals surface area contributed by atoms with Gasteiger partial charge in [0, 0.05) is 10.1 Å². The number of rotatable bonds is 0. The minimum Gasteiger partial charge on any atom is -0.122 e. The molecule has 0 nitrogen and oxygen atoms in total. The Morgan fingerprint density at radius 2 is 2.00 bits per heavy atom. The molecule has 1 heterocycles. The SMILES string of the molecule is Cc1ccc2c(Cl)c(Cl)sc2c1. The molecule has 0 aliphatic heterocycles. The van der Waals surface area contributed by atoms with Crippen LogP contribution in [0.3, 0.4) is 0 Å². The zero-order valence-electron chi connectivity index (χ0n) is 6.40. The van der Waals surface area contributed by atoms with Crippen molar-refractivity contribution in [2.75, 3.05) is 0 Å². The lowest BCUT2D eigenvalue weighted by Gasteiger charge is -1.91. The zero-order chi connectivity index (χ0) is 8.72. The van der Waals surface area contributed by atoms with Gasteiger partial charge < -0.3 is 0 Å². The van der Waals surface area contributed by atoms with Crippen LogP contribution in [0.15, 0.2) is 18.2 Å². The molecule has 0 N–H and O–H groups in total. The summed E-state index contributed by atoms with van der Waals surface area (Å²) in [6, 6.07) is 6.14. The molecular weight excluding hydrogens is 211 g/mol. The fraction of sp³-hybridized carbons (Fsp3) is 0.111. The van der Waals surface area contributed by atoms with Gasteiger partial charge in [-0.25, -0.2) is 0 Å². The van der Waals surface area contributed by atoms with Crippen molar-refractivity contribution in [3.8, 4) is 0 Å². The second-order valence-electron chi connectivity index (χ2n) is 2.69. The first-order chi connectivity index (χ1) is 5.68. The third-order valence-corrected chi connectivity index (χ3v) is 3.71. The maximum Gasteiger partial charge on any atom is 0.113 e. The molecule has 0 unspecified atom stereocenters. The highest BCUT2D eigenvalue weighted by Gasteiger charge is 2.07. The maximum atomic E-state index is 5.97. The Balaban J connectivity index is 2.87. The third kappa shape index (κ3) is 1.22. The fourth-order valence-electron chi connectivity index (χ4n) is 1.14. The van der Waals surface area contributed by atoms with E-state index in [1.165, 1.54) is 16.9 Å². The fourth-order valence-corrected chi connectivity index (χ4v) is 2.75. The Labute approximate surface area is 84.7 Å². The molecular formula is C9H6Cl2S. The van der Waals surface area contributed by atoms with Gasteiger partial charge in [-0.05, 0) is 18.6 Å². The number of benzene rings is 1. The van der Waals surface area contributed by atoms with Crippen molar-refractivity contribution in [3.63, 3.8) is 0 Å². The second kappa shape index (κ2) is 2.91. The molecule has 0 saturated carbocycles. The summed E-state index contributed by atoms with van der Waals surface area (Å²) in [7, 11) is 0. The summed E-state index contributed by atoms with van der Waals surface area (Å²) in [6.45, 7) is 2.06. The highest BCUT2D eigenvalue weighted by atomic mass is 35.5. The van der Waals surface area contributed by atoms with E-state index in [2.05, 4.69) is 13.0 Å². The smallest absolute Gasteiger partial charge is 0.113 e. The van der Waals surface area contributed by atoms with E-state index >= 15 is 0 Å². The number of aryl methyl sites for hydroxylation is 1. The van der Waals surface area contributed by atoms with E-state index < -0.39 is 0 Å². The second-order valence-corrected chi connectivity index (χ2v) is 4.72. The van der Waals surface area contributed by atoms with E-state index in [1.54, 1.807) is 0 Å². The Hall–Kier alpha value is -0.240. The average molecular weight is 217 g/mol. The predicted octanol–water partition coefficient (Wildman–Crippen LogP) is 4.52. The minimum atomic E-state index is 0.677. The van der Waals surface area contributed by atoms with Crippen LogP contribution in [-0.2, 0) is 0 Å². The van der Waals surface area contributed by atoms with E-state index in [0.717, 1.165) is 10.1 Å². The lowest BCUT2D eigenvalue weighted by molar-refractivity contribution is 1.52. The monoisotopic (exact) mass is 216 g/mol. The van der Waals surface area contributed by atoms with Gasteiger partial charge in [0.05, 0.1) is 5.02 Å². The van der Waals surface area contributed by atoms with Crippen LogP contribution in [0.25, 0.3) is 10.1 Å². The molecule has 0 spiro atoms. The van der Waals surface area contributed by atoms with Gasteiger partial charge in [0.2, 0.25) is 0 Å². The van der Waals surface area contributed by atoms with Gasteiger partial charge in [0.15, 0.2) is 0 Å². The first-order valence-electron chi connectivity index (χ1n) is 3.52. The van der Waals surface area contributed by atoms with Gasteiger partial charge in [-0.2, -0.15) is 0 Å². The molecule has 0 aliphatic rings. The summed E-state index contributed by atoms with van der Waals surface area (Å²) >= 11 is 13.4. The molecule has 1 aromatic carbocycles.